The van der Waals surface area contributed by atoms with E-state index in [1.165, 1.54) is 18.2 Å². The van der Waals surface area contributed by atoms with E-state index in [1.807, 2.05) is 0 Å². The molecule has 0 unspecified atom stereocenters. The highest BCUT2D eigenvalue weighted by Gasteiger charge is 2.31. The maximum atomic E-state index is 13.3. The van der Waals surface area contributed by atoms with Crippen LogP contribution in [0.15, 0.2) is 36.4 Å². The summed E-state index contributed by atoms with van der Waals surface area (Å²) in [6, 6.07) is 9.32. The first-order valence-electron chi connectivity index (χ1n) is 7.76. The van der Waals surface area contributed by atoms with Crippen LogP contribution in [0.2, 0.25) is 0 Å². The van der Waals surface area contributed by atoms with E-state index in [4.69, 9.17) is 5.73 Å². The van der Waals surface area contributed by atoms with Crippen molar-refractivity contribution in [3.63, 3.8) is 0 Å². The molecule has 0 radical (unpaired) electrons. The third kappa shape index (κ3) is 3.59. The second-order valence-corrected chi connectivity index (χ2v) is 6.05. The molecule has 124 valence electrons. The molecule has 1 heterocycles. The van der Waals surface area contributed by atoms with Crippen molar-refractivity contribution < 1.29 is 14.0 Å². The first kappa shape index (κ1) is 16.1. The number of hydrogen-bond acceptors (Lipinski definition) is 3. The number of halogens is 1. The van der Waals surface area contributed by atoms with Gasteiger partial charge in [-0.15, -0.1) is 0 Å². The van der Waals surface area contributed by atoms with Gasteiger partial charge in [-0.3, -0.25) is 9.59 Å². The molecule has 1 aliphatic carbocycles. The number of aromatic nitrogens is 1. The summed E-state index contributed by atoms with van der Waals surface area (Å²) < 4.78 is 13.3. The van der Waals surface area contributed by atoms with Crippen molar-refractivity contribution >= 4 is 11.8 Å². The van der Waals surface area contributed by atoms with Gasteiger partial charge >= 0.3 is 0 Å². The first-order chi connectivity index (χ1) is 11.4. The van der Waals surface area contributed by atoms with Gasteiger partial charge in [-0.05, 0) is 42.7 Å². The van der Waals surface area contributed by atoms with Crippen LogP contribution in [0.5, 0.6) is 0 Å². The molecule has 2 N–H and O–H groups in total. The molecule has 6 heteroatoms. The highest BCUT2D eigenvalue weighted by molar-refractivity contribution is 5.98. The van der Waals surface area contributed by atoms with Crippen LogP contribution in [0.1, 0.15) is 44.9 Å². The Morgan fingerprint density at radius 1 is 1.29 bits per heavy atom. The average Bonchev–Trinajstić information content (AvgIpc) is 3.38. The Balaban J connectivity index is 1.93. The smallest absolute Gasteiger partial charge is 0.272 e. The monoisotopic (exact) mass is 327 g/mol. The number of carbonyl (C=O) groups excluding carboxylic acids is 2. The van der Waals surface area contributed by atoms with E-state index < -0.39 is 5.91 Å². The van der Waals surface area contributed by atoms with E-state index in [-0.39, 0.29) is 29.0 Å². The molecular weight excluding hydrogens is 309 g/mol. The standard InChI is InChI=1S/C18H18FN3O2/c1-22(15-5-6-15)18(24)16-10-12(17(20)23)9-14(21-16)8-11-3-2-4-13(19)7-11/h2-4,7,9-10,15H,5-6,8H2,1H3,(H2,20,23). The van der Waals surface area contributed by atoms with E-state index >= 15 is 0 Å². The second-order valence-electron chi connectivity index (χ2n) is 6.05. The molecule has 5 nitrogen and oxygen atoms in total. The molecule has 1 aromatic carbocycles. The van der Waals surface area contributed by atoms with Gasteiger partial charge in [-0.2, -0.15) is 0 Å². The maximum Gasteiger partial charge on any atom is 0.272 e. The van der Waals surface area contributed by atoms with Gasteiger partial charge in [0.15, 0.2) is 0 Å². The number of rotatable bonds is 5. The zero-order chi connectivity index (χ0) is 17.3. The molecule has 3 rings (SSSR count). The zero-order valence-electron chi connectivity index (χ0n) is 13.3. The molecule has 2 aromatic rings. The minimum Gasteiger partial charge on any atom is -0.366 e. The number of nitrogens with two attached hydrogens (primary N) is 1. The molecule has 2 amide bonds. The van der Waals surface area contributed by atoms with E-state index in [9.17, 15) is 14.0 Å². The maximum absolute atomic E-state index is 13.3. The Kier molecular flexibility index (Phi) is 4.29. The van der Waals surface area contributed by atoms with Gasteiger partial charge in [0, 0.05) is 30.8 Å². The van der Waals surface area contributed by atoms with Crippen LogP contribution in [0.4, 0.5) is 4.39 Å². The van der Waals surface area contributed by atoms with Crippen molar-refractivity contribution in [2.45, 2.75) is 25.3 Å². The SMILES string of the molecule is CN(C(=O)c1cc(C(N)=O)cc(Cc2cccc(F)c2)n1)C1CC1. The van der Waals surface area contributed by atoms with Gasteiger partial charge in [-0.25, -0.2) is 9.37 Å². The predicted molar refractivity (Wildman–Crippen MR) is 87.1 cm³/mol. The average molecular weight is 327 g/mol. The second kappa shape index (κ2) is 6.39. The molecule has 0 bridgehead atoms. The van der Waals surface area contributed by atoms with Crippen molar-refractivity contribution in [1.82, 2.24) is 9.88 Å². The Morgan fingerprint density at radius 2 is 2.04 bits per heavy atom. The quantitative estimate of drug-likeness (QED) is 0.914. The third-order valence-electron chi connectivity index (χ3n) is 4.07. The van der Waals surface area contributed by atoms with Crippen LogP contribution in [0.25, 0.3) is 0 Å². The van der Waals surface area contributed by atoms with E-state index in [2.05, 4.69) is 4.98 Å². The number of primary amides is 1. The molecule has 1 fully saturated rings. The summed E-state index contributed by atoms with van der Waals surface area (Å²) in [6.45, 7) is 0. The van der Waals surface area contributed by atoms with Crippen molar-refractivity contribution in [2.24, 2.45) is 5.73 Å². The lowest BCUT2D eigenvalue weighted by Gasteiger charge is -2.16. The fraction of sp³-hybridized carbons (Fsp3) is 0.278. The summed E-state index contributed by atoms with van der Waals surface area (Å²) in [5.41, 5.74) is 6.99. The summed E-state index contributed by atoms with van der Waals surface area (Å²) in [6.07, 6.45) is 2.27. The minimum absolute atomic E-state index is 0.187. The summed E-state index contributed by atoms with van der Waals surface area (Å²) >= 11 is 0. The first-order valence-corrected chi connectivity index (χ1v) is 7.76. The van der Waals surface area contributed by atoms with Crippen LogP contribution in [-0.4, -0.2) is 34.8 Å². The fourth-order valence-electron chi connectivity index (χ4n) is 2.59. The van der Waals surface area contributed by atoms with Gasteiger partial charge in [0.2, 0.25) is 5.91 Å². The van der Waals surface area contributed by atoms with Crippen LogP contribution >= 0.6 is 0 Å². The van der Waals surface area contributed by atoms with Crippen LogP contribution in [0.3, 0.4) is 0 Å². The largest absolute Gasteiger partial charge is 0.366 e. The number of hydrogen-bond donors (Lipinski definition) is 1. The highest BCUT2D eigenvalue weighted by Crippen LogP contribution is 2.26. The molecule has 24 heavy (non-hydrogen) atoms. The number of carbonyl (C=O) groups is 2. The number of nitrogens with zero attached hydrogens (tertiary/aromatic N) is 2. The van der Waals surface area contributed by atoms with Gasteiger partial charge in [0.25, 0.3) is 5.91 Å². The highest BCUT2D eigenvalue weighted by atomic mass is 19.1. The Bertz CT molecular complexity index is 803. The zero-order valence-corrected chi connectivity index (χ0v) is 13.3. The fourth-order valence-corrected chi connectivity index (χ4v) is 2.59. The van der Waals surface area contributed by atoms with Gasteiger partial charge < -0.3 is 10.6 Å². The Morgan fingerprint density at radius 3 is 2.67 bits per heavy atom. The number of benzene rings is 1. The van der Waals surface area contributed by atoms with E-state index in [1.54, 1.807) is 30.1 Å². The lowest BCUT2D eigenvalue weighted by atomic mass is 10.1. The van der Waals surface area contributed by atoms with Crippen molar-refractivity contribution in [2.75, 3.05) is 7.05 Å². The van der Waals surface area contributed by atoms with Crippen LogP contribution < -0.4 is 5.73 Å². The van der Waals surface area contributed by atoms with E-state index in [0.29, 0.717) is 17.7 Å². The summed E-state index contributed by atoms with van der Waals surface area (Å²) in [5, 5.41) is 0. The van der Waals surface area contributed by atoms with Crippen LogP contribution in [-0.2, 0) is 6.42 Å². The molecule has 0 spiro atoms. The molecule has 1 saturated carbocycles. The summed E-state index contributed by atoms with van der Waals surface area (Å²) in [4.78, 5) is 30.1. The number of pyridine rings is 1. The summed E-state index contributed by atoms with van der Waals surface area (Å²) in [5.74, 6) is -1.20. The van der Waals surface area contributed by atoms with Crippen molar-refractivity contribution in [3.05, 3.63) is 64.7 Å². The third-order valence-corrected chi connectivity index (χ3v) is 4.07. The topological polar surface area (TPSA) is 76.3 Å². The lowest BCUT2D eigenvalue weighted by molar-refractivity contribution is 0.0779. The van der Waals surface area contributed by atoms with Gasteiger partial charge in [-0.1, -0.05) is 12.1 Å². The normalized spacial score (nSPS) is 13.6. The van der Waals surface area contributed by atoms with Gasteiger partial charge in [0.1, 0.15) is 11.5 Å². The number of amides is 2. The minimum atomic E-state index is -0.624. The molecule has 1 aromatic heterocycles. The Hall–Kier alpha value is -2.76. The molecule has 0 aliphatic heterocycles. The molecule has 1 aliphatic rings. The van der Waals surface area contributed by atoms with Crippen LogP contribution in [0, 0.1) is 5.82 Å². The summed E-state index contributed by atoms with van der Waals surface area (Å²) in [7, 11) is 1.73. The van der Waals surface area contributed by atoms with Crippen molar-refractivity contribution in [1.29, 1.82) is 0 Å². The molecule has 0 atom stereocenters. The van der Waals surface area contributed by atoms with Gasteiger partial charge in [0.05, 0.1) is 0 Å². The Labute approximate surface area is 139 Å². The molecular formula is C18H18FN3O2. The molecule has 0 saturated heterocycles. The predicted octanol–water partition coefficient (Wildman–Crippen LogP) is 2.14. The lowest BCUT2D eigenvalue weighted by Crippen LogP contribution is -2.30. The van der Waals surface area contributed by atoms with E-state index in [0.717, 1.165) is 12.8 Å². The van der Waals surface area contributed by atoms with Crippen molar-refractivity contribution in [3.8, 4) is 0 Å².